The van der Waals surface area contributed by atoms with Crippen molar-refractivity contribution in [2.75, 3.05) is 0 Å². The van der Waals surface area contributed by atoms with Crippen LogP contribution in [-0.2, 0) is 4.74 Å². The first kappa shape index (κ1) is 12.7. The summed E-state index contributed by atoms with van der Waals surface area (Å²) in [7, 11) is 0. The molecule has 2 rings (SSSR count). The molecule has 17 heavy (non-hydrogen) atoms. The molecule has 0 aliphatic heterocycles. The molecule has 3 heteroatoms. The smallest absolute Gasteiger partial charge is 0.407 e. The zero-order chi connectivity index (χ0) is 12.1. The molecule has 0 aromatic carbocycles. The van der Waals surface area contributed by atoms with Crippen molar-refractivity contribution in [2.24, 2.45) is 5.92 Å². The Bertz CT molecular complexity index is 249. The molecule has 0 aromatic rings. The van der Waals surface area contributed by atoms with Crippen LogP contribution in [0.2, 0.25) is 0 Å². The highest BCUT2D eigenvalue weighted by atomic mass is 16.6. The molecule has 2 atom stereocenters. The summed E-state index contributed by atoms with van der Waals surface area (Å²) < 4.78 is 5.56. The molecule has 0 bridgehead atoms. The zero-order valence-corrected chi connectivity index (χ0v) is 10.9. The molecule has 2 aliphatic rings. The Labute approximate surface area is 104 Å². The molecule has 0 spiro atoms. The van der Waals surface area contributed by atoms with Crippen LogP contribution in [-0.4, -0.2) is 18.2 Å². The van der Waals surface area contributed by atoms with Gasteiger partial charge in [0.25, 0.3) is 0 Å². The van der Waals surface area contributed by atoms with E-state index in [1.165, 1.54) is 38.5 Å². The van der Waals surface area contributed by atoms with Crippen molar-refractivity contribution in [1.82, 2.24) is 5.32 Å². The Morgan fingerprint density at radius 3 is 2.35 bits per heavy atom. The quantitative estimate of drug-likeness (QED) is 0.799. The number of ether oxygens (including phenoxy) is 1. The van der Waals surface area contributed by atoms with E-state index in [1.807, 2.05) is 0 Å². The molecular weight excluding hydrogens is 214 g/mol. The molecule has 1 N–H and O–H groups in total. The SMILES string of the molecule is C[C@H]1CCCC[C@@H]1OC(=O)NC1CCCCC1. The van der Waals surface area contributed by atoms with Crippen molar-refractivity contribution in [3.8, 4) is 0 Å². The van der Waals surface area contributed by atoms with E-state index < -0.39 is 0 Å². The molecule has 2 fully saturated rings. The van der Waals surface area contributed by atoms with E-state index in [9.17, 15) is 4.79 Å². The fraction of sp³-hybridized carbons (Fsp3) is 0.929. The lowest BCUT2D eigenvalue weighted by molar-refractivity contribution is 0.0408. The second kappa shape index (κ2) is 6.27. The van der Waals surface area contributed by atoms with Crippen molar-refractivity contribution in [2.45, 2.75) is 76.9 Å². The third-order valence-electron chi connectivity index (χ3n) is 4.22. The summed E-state index contributed by atoms with van der Waals surface area (Å²) in [4.78, 5) is 11.8. The highest BCUT2D eigenvalue weighted by Gasteiger charge is 2.25. The number of alkyl carbamates (subject to hydrolysis) is 1. The number of carbonyl (C=O) groups excluding carboxylic acids is 1. The Hall–Kier alpha value is -0.730. The predicted molar refractivity (Wildman–Crippen MR) is 67.9 cm³/mol. The van der Waals surface area contributed by atoms with Gasteiger partial charge >= 0.3 is 6.09 Å². The van der Waals surface area contributed by atoms with Gasteiger partial charge < -0.3 is 10.1 Å². The minimum atomic E-state index is -0.185. The van der Waals surface area contributed by atoms with Crippen LogP contribution in [0, 0.1) is 5.92 Å². The summed E-state index contributed by atoms with van der Waals surface area (Å²) in [5, 5.41) is 3.03. The number of amides is 1. The number of rotatable bonds is 2. The summed E-state index contributed by atoms with van der Waals surface area (Å²) >= 11 is 0. The van der Waals surface area contributed by atoms with Crippen molar-refractivity contribution >= 4 is 6.09 Å². The highest BCUT2D eigenvalue weighted by Crippen LogP contribution is 2.26. The summed E-state index contributed by atoms with van der Waals surface area (Å²) in [6.45, 7) is 2.19. The summed E-state index contributed by atoms with van der Waals surface area (Å²) in [6, 6.07) is 0.357. The van der Waals surface area contributed by atoms with Crippen molar-refractivity contribution in [3.05, 3.63) is 0 Å². The average molecular weight is 239 g/mol. The number of carbonyl (C=O) groups is 1. The minimum Gasteiger partial charge on any atom is -0.446 e. The molecule has 3 nitrogen and oxygen atoms in total. The van der Waals surface area contributed by atoms with Crippen molar-refractivity contribution in [3.63, 3.8) is 0 Å². The maximum Gasteiger partial charge on any atom is 0.407 e. The average Bonchev–Trinajstić information content (AvgIpc) is 2.33. The van der Waals surface area contributed by atoms with Gasteiger partial charge in [0.05, 0.1) is 0 Å². The minimum absolute atomic E-state index is 0.146. The van der Waals surface area contributed by atoms with E-state index in [1.54, 1.807) is 0 Å². The molecule has 98 valence electrons. The first-order valence-electron chi connectivity index (χ1n) is 7.23. The second-order valence-corrected chi connectivity index (χ2v) is 5.68. The molecule has 0 heterocycles. The Morgan fingerprint density at radius 2 is 1.65 bits per heavy atom. The third-order valence-corrected chi connectivity index (χ3v) is 4.22. The Kier molecular flexibility index (Phi) is 4.69. The molecule has 2 aliphatic carbocycles. The Balaban J connectivity index is 1.72. The molecule has 2 saturated carbocycles. The lowest BCUT2D eigenvalue weighted by Gasteiger charge is -2.30. The van der Waals surface area contributed by atoms with Gasteiger partial charge in [0.2, 0.25) is 0 Å². The third kappa shape index (κ3) is 3.90. The van der Waals surface area contributed by atoms with Crippen LogP contribution in [0.3, 0.4) is 0 Å². The molecule has 1 amide bonds. The number of hydrogen-bond acceptors (Lipinski definition) is 2. The van der Waals surface area contributed by atoms with Gasteiger partial charge in [0.15, 0.2) is 0 Å². The molecule has 0 unspecified atom stereocenters. The van der Waals surface area contributed by atoms with Crippen molar-refractivity contribution < 1.29 is 9.53 Å². The molecular formula is C14H25NO2. The van der Waals surface area contributed by atoms with Gasteiger partial charge in [-0.25, -0.2) is 4.79 Å². The molecule has 0 saturated heterocycles. The van der Waals surface area contributed by atoms with E-state index in [0.717, 1.165) is 19.3 Å². The topological polar surface area (TPSA) is 38.3 Å². The second-order valence-electron chi connectivity index (χ2n) is 5.68. The van der Waals surface area contributed by atoms with E-state index in [4.69, 9.17) is 4.74 Å². The van der Waals surface area contributed by atoms with E-state index in [2.05, 4.69) is 12.2 Å². The number of hydrogen-bond donors (Lipinski definition) is 1. The van der Waals surface area contributed by atoms with E-state index in [-0.39, 0.29) is 12.2 Å². The molecule has 0 aromatic heterocycles. The van der Waals surface area contributed by atoms with Gasteiger partial charge in [-0.2, -0.15) is 0 Å². The zero-order valence-electron chi connectivity index (χ0n) is 10.9. The lowest BCUT2D eigenvalue weighted by atomic mass is 9.88. The first-order chi connectivity index (χ1) is 8.25. The maximum absolute atomic E-state index is 11.8. The van der Waals surface area contributed by atoms with Crippen LogP contribution in [0.25, 0.3) is 0 Å². The van der Waals surface area contributed by atoms with E-state index >= 15 is 0 Å². The fourth-order valence-electron chi connectivity index (χ4n) is 3.04. The molecule has 0 radical (unpaired) electrons. The standard InChI is InChI=1S/C14H25NO2/c1-11-7-5-6-10-13(11)17-14(16)15-12-8-3-2-4-9-12/h11-13H,2-10H2,1H3,(H,15,16)/t11-,13-/m0/s1. The lowest BCUT2D eigenvalue weighted by Crippen LogP contribution is -2.40. The van der Waals surface area contributed by atoms with Gasteiger partial charge in [-0.05, 0) is 38.0 Å². The largest absolute Gasteiger partial charge is 0.446 e. The summed E-state index contributed by atoms with van der Waals surface area (Å²) in [5.74, 6) is 0.529. The Morgan fingerprint density at radius 1 is 1.00 bits per heavy atom. The van der Waals surface area contributed by atoms with Gasteiger partial charge in [-0.3, -0.25) is 0 Å². The van der Waals surface area contributed by atoms with Gasteiger partial charge in [-0.15, -0.1) is 0 Å². The predicted octanol–water partition coefficient (Wildman–Crippen LogP) is 3.62. The van der Waals surface area contributed by atoms with Crippen LogP contribution >= 0.6 is 0 Å². The normalized spacial score (nSPS) is 30.9. The monoisotopic (exact) mass is 239 g/mol. The van der Waals surface area contributed by atoms with Crippen LogP contribution < -0.4 is 5.32 Å². The maximum atomic E-state index is 11.8. The van der Waals surface area contributed by atoms with Gasteiger partial charge in [-0.1, -0.05) is 32.6 Å². The number of nitrogens with one attached hydrogen (secondary N) is 1. The van der Waals surface area contributed by atoms with Gasteiger partial charge in [0.1, 0.15) is 6.10 Å². The van der Waals surface area contributed by atoms with Crippen molar-refractivity contribution in [1.29, 1.82) is 0 Å². The van der Waals surface area contributed by atoms with Gasteiger partial charge in [0, 0.05) is 6.04 Å². The van der Waals surface area contributed by atoms with Crippen LogP contribution in [0.15, 0.2) is 0 Å². The highest BCUT2D eigenvalue weighted by molar-refractivity contribution is 5.67. The van der Waals surface area contributed by atoms with E-state index in [0.29, 0.717) is 12.0 Å². The van der Waals surface area contributed by atoms with Crippen LogP contribution in [0.1, 0.15) is 64.7 Å². The van der Waals surface area contributed by atoms with Crippen LogP contribution in [0.5, 0.6) is 0 Å². The summed E-state index contributed by atoms with van der Waals surface area (Å²) in [6.07, 6.45) is 10.7. The summed E-state index contributed by atoms with van der Waals surface area (Å²) in [5.41, 5.74) is 0. The fourth-order valence-corrected chi connectivity index (χ4v) is 3.04. The first-order valence-corrected chi connectivity index (χ1v) is 7.23. The van der Waals surface area contributed by atoms with Crippen LogP contribution in [0.4, 0.5) is 4.79 Å².